The van der Waals surface area contributed by atoms with Crippen molar-refractivity contribution in [1.82, 2.24) is 0 Å². The van der Waals surface area contributed by atoms with Crippen LogP contribution in [0, 0.1) is 5.92 Å². The molecule has 2 aromatic carbocycles. The third kappa shape index (κ3) is 10.9. The van der Waals surface area contributed by atoms with Crippen LogP contribution in [0.1, 0.15) is 22.3 Å². The van der Waals surface area contributed by atoms with Crippen molar-refractivity contribution in [3.05, 3.63) is 77.1 Å². The number of aliphatic hydroxyl groups excluding tert-OH is 8. The minimum Gasteiger partial charge on any atom is -0.508 e. The Bertz CT molecular complexity index is 1830. The summed E-state index contributed by atoms with van der Waals surface area (Å²) in [5.74, 6) is -3.91. The smallest absolute Gasteiger partial charge is 0.338 e. The van der Waals surface area contributed by atoms with Crippen molar-refractivity contribution in [3.63, 3.8) is 0 Å². The van der Waals surface area contributed by atoms with E-state index in [0.717, 1.165) is 18.9 Å². The Balaban J connectivity index is 1.36. The molecule has 0 amide bonds. The standard InChI is InChI=1S/C39H48O21/c1-52-25-13-19(5-8-24(25)57-38-33(48)31(46)29(44)26(15-40)58-38)35(50)55-12-10-21-22(14-28(43)54-11-9-18-3-6-20(42)7-4-18)23(36(51)53-2)17-56-37(21)60-39-34(49)32(47)30(45)27(16-41)59-39/h3-8,10,13,17,22,26-27,29-34,37-42,44-49H,9,11-12,14-16H2,1-2H3/b21-10-/t22-,26-,27-,29+,30-,31+,32+,33-,34-,37-,38-,39+/m1/s1. The zero-order chi connectivity index (χ0) is 43.7. The lowest BCUT2D eigenvalue weighted by atomic mass is 9.86. The lowest BCUT2D eigenvalue weighted by Crippen LogP contribution is -2.60. The number of phenolic OH excluding ortho intramolecular Hbond substituents is 1. The average Bonchev–Trinajstić information content (AvgIpc) is 3.25. The minimum atomic E-state index is -1.87. The lowest BCUT2D eigenvalue weighted by molar-refractivity contribution is -0.327. The van der Waals surface area contributed by atoms with Gasteiger partial charge in [0.1, 0.15) is 61.2 Å². The fourth-order valence-corrected chi connectivity index (χ4v) is 6.48. The second-order valence-corrected chi connectivity index (χ2v) is 13.7. The van der Waals surface area contributed by atoms with Crippen molar-refractivity contribution >= 4 is 17.9 Å². The van der Waals surface area contributed by atoms with Gasteiger partial charge in [-0.05, 0) is 42.0 Å². The van der Waals surface area contributed by atoms with Crippen LogP contribution in [0.5, 0.6) is 17.2 Å². The largest absolute Gasteiger partial charge is 0.508 e. The number of aromatic hydroxyl groups is 1. The molecule has 3 aliphatic heterocycles. The average molecular weight is 853 g/mol. The number of carbonyl (C=O) groups excluding carboxylic acids is 3. The van der Waals surface area contributed by atoms with Crippen LogP contribution in [0.2, 0.25) is 0 Å². The topological polar surface area (TPSA) is 316 Å². The normalized spacial score (nSPS) is 31.0. The van der Waals surface area contributed by atoms with Crippen molar-refractivity contribution in [2.45, 2.75) is 80.5 Å². The third-order valence-corrected chi connectivity index (χ3v) is 9.88. The molecule has 0 aliphatic carbocycles. The number of hydrogen-bond acceptors (Lipinski definition) is 21. The van der Waals surface area contributed by atoms with E-state index < -0.39 is 118 Å². The molecule has 2 fully saturated rings. The maximum Gasteiger partial charge on any atom is 0.338 e. The van der Waals surface area contributed by atoms with E-state index in [0.29, 0.717) is 0 Å². The Labute approximate surface area is 342 Å². The number of carbonyl (C=O) groups is 3. The van der Waals surface area contributed by atoms with Crippen LogP contribution in [0.25, 0.3) is 0 Å². The van der Waals surface area contributed by atoms with E-state index in [1.807, 2.05) is 0 Å². The Kier molecular flexibility index (Phi) is 16.2. The summed E-state index contributed by atoms with van der Waals surface area (Å²) >= 11 is 0. The summed E-state index contributed by atoms with van der Waals surface area (Å²) in [6.45, 7) is -2.10. The molecule has 3 aliphatic rings. The number of methoxy groups -OCH3 is 2. The Hall–Kier alpha value is -4.91. The van der Waals surface area contributed by atoms with Gasteiger partial charge in [0, 0.05) is 17.9 Å². The number of rotatable bonds is 16. The molecule has 12 atom stereocenters. The van der Waals surface area contributed by atoms with Gasteiger partial charge in [0.15, 0.2) is 17.8 Å². The molecular formula is C39H48O21. The predicted octanol–water partition coefficient (Wildman–Crippen LogP) is -2.32. The van der Waals surface area contributed by atoms with Gasteiger partial charge in [0.2, 0.25) is 12.6 Å². The van der Waals surface area contributed by atoms with Crippen LogP contribution in [0.4, 0.5) is 0 Å². The van der Waals surface area contributed by atoms with E-state index in [1.54, 1.807) is 12.1 Å². The molecule has 330 valence electrons. The van der Waals surface area contributed by atoms with Gasteiger partial charge >= 0.3 is 17.9 Å². The molecule has 3 heterocycles. The third-order valence-electron chi connectivity index (χ3n) is 9.88. The highest BCUT2D eigenvalue weighted by Gasteiger charge is 2.48. The van der Waals surface area contributed by atoms with Crippen molar-refractivity contribution < 1.29 is 103 Å². The molecule has 0 bridgehead atoms. The SMILES string of the molecule is COC(=O)C1=CO[C@H](O[C@@H]2O[C@H](CO)[C@@H](O)[C@H](O)[C@H]2O)/C(=C\COC(=O)c2ccc(O[C@@H]3O[C@H](CO)[C@H](O)[C@H](O)[C@H]3O)c(OC)c2)[C@H]1CC(=O)OCCc1ccc(O)cc1. The number of hydrogen-bond donors (Lipinski definition) is 9. The second kappa shape index (κ2) is 21.1. The summed E-state index contributed by atoms with van der Waals surface area (Å²) in [6, 6.07) is 9.99. The van der Waals surface area contributed by atoms with E-state index >= 15 is 0 Å². The highest BCUT2D eigenvalue weighted by Crippen LogP contribution is 2.37. The van der Waals surface area contributed by atoms with Gasteiger partial charge in [0.25, 0.3) is 0 Å². The van der Waals surface area contributed by atoms with E-state index in [-0.39, 0.29) is 47.0 Å². The molecular weight excluding hydrogens is 804 g/mol. The summed E-state index contributed by atoms with van der Waals surface area (Å²) in [5, 5.41) is 90.6. The molecule has 2 saturated heterocycles. The number of benzene rings is 2. The minimum absolute atomic E-state index is 0.0287. The summed E-state index contributed by atoms with van der Waals surface area (Å²) in [7, 11) is 2.34. The lowest BCUT2D eigenvalue weighted by Gasteiger charge is -2.42. The zero-order valence-corrected chi connectivity index (χ0v) is 32.3. The first-order valence-electron chi connectivity index (χ1n) is 18.6. The molecule has 0 spiro atoms. The molecule has 60 heavy (non-hydrogen) atoms. The fourth-order valence-electron chi connectivity index (χ4n) is 6.48. The van der Waals surface area contributed by atoms with Gasteiger partial charge in [-0.3, -0.25) is 4.79 Å². The Morgan fingerprint density at radius 2 is 1.38 bits per heavy atom. The quantitative estimate of drug-likeness (QED) is 0.0486. The van der Waals surface area contributed by atoms with Crippen LogP contribution in [0.15, 0.2) is 65.9 Å². The zero-order valence-electron chi connectivity index (χ0n) is 32.3. The monoisotopic (exact) mass is 852 g/mol. The molecule has 0 saturated carbocycles. The van der Waals surface area contributed by atoms with Crippen LogP contribution in [-0.4, -0.2) is 172 Å². The van der Waals surface area contributed by atoms with Gasteiger partial charge in [-0.2, -0.15) is 0 Å². The van der Waals surface area contributed by atoms with Gasteiger partial charge in [-0.1, -0.05) is 12.1 Å². The van der Waals surface area contributed by atoms with Crippen molar-refractivity contribution in [3.8, 4) is 17.2 Å². The van der Waals surface area contributed by atoms with Gasteiger partial charge in [0.05, 0.1) is 57.9 Å². The van der Waals surface area contributed by atoms with Gasteiger partial charge in [-0.25, -0.2) is 9.59 Å². The molecule has 9 N–H and O–H groups in total. The molecule has 0 radical (unpaired) electrons. The van der Waals surface area contributed by atoms with E-state index in [4.69, 9.17) is 42.6 Å². The first-order valence-corrected chi connectivity index (χ1v) is 18.6. The summed E-state index contributed by atoms with van der Waals surface area (Å²) in [4.78, 5) is 39.5. The Morgan fingerprint density at radius 3 is 2.00 bits per heavy atom. The number of esters is 3. The van der Waals surface area contributed by atoms with E-state index in [9.17, 15) is 60.3 Å². The van der Waals surface area contributed by atoms with Crippen LogP contribution >= 0.6 is 0 Å². The summed E-state index contributed by atoms with van der Waals surface area (Å²) in [6.07, 6.45) is -16.0. The van der Waals surface area contributed by atoms with Crippen LogP contribution in [-0.2, 0) is 49.2 Å². The molecule has 21 nitrogen and oxygen atoms in total. The molecule has 0 unspecified atom stereocenters. The van der Waals surface area contributed by atoms with Crippen LogP contribution in [0.3, 0.4) is 0 Å². The Morgan fingerprint density at radius 1 is 0.750 bits per heavy atom. The molecule has 2 aromatic rings. The van der Waals surface area contributed by atoms with Crippen molar-refractivity contribution in [2.75, 3.05) is 40.6 Å². The maximum absolute atomic E-state index is 13.3. The van der Waals surface area contributed by atoms with E-state index in [1.165, 1.54) is 43.5 Å². The first kappa shape index (κ1) is 46.2. The summed E-state index contributed by atoms with van der Waals surface area (Å²) < 4.78 is 49.2. The molecule has 0 aromatic heterocycles. The van der Waals surface area contributed by atoms with E-state index in [2.05, 4.69) is 0 Å². The highest BCUT2D eigenvalue weighted by atomic mass is 16.8. The van der Waals surface area contributed by atoms with Crippen LogP contribution < -0.4 is 9.47 Å². The second-order valence-electron chi connectivity index (χ2n) is 13.7. The number of phenols is 1. The molecule has 5 rings (SSSR count). The van der Waals surface area contributed by atoms with Crippen molar-refractivity contribution in [2.24, 2.45) is 5.92 Å². The van der Waals surface area contributed by atoms with Gasteiger partial charge < -0.3 is 88.6 Å². The molecule has 21 heteroatoms. The fraction of sp³-hybridized carbons (Fsp3) is 0.513. The van der Waals surface area contributed by atoms with Gasteiger partial charge in [-0.15, -0.1) is 0 Å². The first-order chi connectivity index (χ1) is 28.7. The maximum atomic E-state index is 13.3. The van der Waals surface area contributed by atoms with Crippen molar-refractivity contribution in [1.29, 1.82) is 0 Å². The highest BCUT2D eigenvalue weighted by molar-refractivity contribution is 5.91. The number of aliphatic hydroxyl groups is 8. The summed E-state index contributed by atoms with van der Waals surface area (Å²) in [5.41, 5.74) is 0.466. The predicted molar refractivity (Wildman–Crippen MR) is 196 cm³/mol. The number of ether oxygens (including phenoxy) is 9.